The minimum atomic E-state index is -0.208. The van der Waals surface area contributed by atoms with Gasteiger partial charge in [-0.2, -0.15) is 16.9 Å². The lowest BCUT2D eigenvalue weighted by molar-refractivity contribution is 0.0879. The highest BCUT2D eigenvalue weighted by atomic mass is 32.2. The third-order valence-corrected chi connectivity index (χ3v) is 5.81. The summed E-state index contributed by atoms with van der Waals surface area (Å²) in [5, 5.41) is 7.06. The number of likely N-dealkylation sites (tertiary alicyclic amines) is 1. The first kappa shape index (κ1) is 16.5. The summed E-state index contributed by atoms with van der Waals surface area (Å²) in [6, 6.07) is 3.81. The number of nitrogens with one attached hydrogen (secondary N) is 1. The molecule has 2 aliphatic rings. The van der Waals surface area contributed by atoms with Crippen molar-refractivity contribution in [1.29, 1.82) is 0 Å². The first-order chi connectivity index (χ1) is 11.1. The molecular formula is C16H24N4O2S. The molecule has 2 saturated heterocycles. The SMILES string of the molecule is Cn1nc(C(=O)NC2CCN(C3CCSCC3)CC2)ccc1=O. The second-order valence-electron chi connectivity index (χ2n) is 6.31. The lowest BCUT2D eigenvalue weighted by Gasteiger charge is -2.39. The topological polar surface area (TPSA) is 67.2 Å². The third-order valence-electron chi connectivity index (χ3n) is 4.77. The van der Waals surface area contributed by atoms with E-state index < -0.39 is 0 Å². The number of nitrogens with zero attached hydrogens (tertiary/aromatic N) is 3. The monoisotopic (exact) mass is 336 g/mol. The molecule has 0 spiro atoms. The van der Waals surface area contributed by atoms with E-state index in [1.54, 1.807) is 7.05 Å². The maximum Gasteiger partial charge on any atom is 0.271 e. The maximum atomic E-state index is 12.3. The van der Waals surface area contributed by atoms with Gasteiger partial charge in [0.15, 0.2) is 0 Å². The summed E-state index contributed by atoms with van der Waals surface area (Å²) < 4.78 is 1.19. The van der Waals surface area contributed by atoms with Crippen molar-refractivity contribution in [3.8, 4) is 0 Å². The summed E-state index contributed by atoms with van der Waals surface area (Å²) in [6.07, 6.45) is 4.57. The van der Waals surface area contributed by atoms with Crippen LogP contribution in [0.3, 0.4) is 0 Å². The largest absolute Gasteiger partial charge is 0.348 e. The Morgan fingerprint density at radius 3 is 2.57 bits per heavy atom. The van der Waals surface area contributed by atoms with Crippen molar-refractivity contribution in [3.05, 3.63) is 28.2 Å². The van der Waals surface area contributed by atoms with E-state index in [2.05, 4.69) is 27.1 Å². The van der Waals surface area contributed by atoms with Gasteiger partial charge in [-0.1, -0.05) is 0 Å². The number of hydrogen-bond acceptors (Lipinski definition) is 5. The van der Waals surface area contributed by atoms with Gasteiger partial charge in [-0.25, -0.2) is 4.68 Å². The number of aromatic nitrogens is 2. The Morgan fingerprint density at radius 2 is 1.91 bits per heavy atom. The van der Waals surface area contributed by atoms with Gasteiger partial charge in [-0.05, 0) is 43.3 Å². The number of amides is 1. The molecule has 0 unspecified atom stereocenters. The highest BCUT2D eigenvalue weighted by Crippen LogP contribution is 2.24. The fourth-order valence-electron chi connectivity index (χ4n) is 3.34. The van der Waals surface area contributed by atoms with E-state index in [9.17, 15) is 9.59 Å². The summed E-state index contributed by atoms with van der Waals surface area (Å²) in [5.74, 6) is 2.37. The standard InChI is InChI=1S/C16H24N4O2S/c1-19-15(21)3-2-14(18-19)16(22)17-12-4-8-20(9-5-12)13-6-10-23-11-7-13/h2-3,12-13H,4-11H2,1H3,(H,17,22). The molecule has 2 fully saturated rings. The van der Waals surface area contributed by atoms with Crippen LogP contribution in [0.15, 0.2) is 16.9 Å². The molecule has 0 aromatic carbocycles. The number of carbonyl (C=O) groups is 1. The van der Waals surface area contributed by atoms with Crippen LogP contribution in [0.5, 0.6) is 0 Å². The van der Waals surface area contributed by atoms with Crippen molar-refractivity contribution in [1.82, 2.24) is 20.0 Å². The Morgan fingerprint density at radius 1 is 1.22 bits per heavy atom. The number of rotatable bonds is 3. The summed E-state index contributed by atoms with van der Waals surface area (Å²) in [7, 11) is 1.56. The molecule has 1 aromatic rings. The van der Waals surface area contributed by atoms with Crippen LogP contribution in [-0.2, 0) is 7.05 Å². The Balaban J connectivity index is 1.50. The van der Waals surface area contributed by atoms with Crippen molar-refractivity contribution in [3.63, 3.8) is 0 Å². The average molecular weight is 336 g/mol. The molecule has 1 amide bonds. The summed E-state index contributed by atoms with van der Waals surface area (Å²) in [5.41, 5.74) is 0.0966. The molecule has 126 valence electrons. The van der Waals surface area contributed by atoms with Crippen molar-refractivity contribution in [2.45, 2.75) is 37.8 Å². The van der Waals surface area contributed by atoms with Gasteiger partial charge in [-0.15, -0.1) is 0 Å². The van der Waals surface area contributed by atoms with E-state index in [4.69, 9.17) is 0 Å². The zero-order chi connectivity index (χ0) is 16.2. The first-order valence-electron chi connectivity index (χ1n) is 8.30. The van der Waals surface area contributed by atoms with Crippen LogP contribution in [0.25, 0.3) is 0 Å². The van der Waals surface area contributed by atoms with Crippen LogP contribution < -0.4 is 10.9 Å². The fourth-order valence-corrected chi connectivity index (χ4v) is 4.42. The molecule has 1 N–H and O–H groups in total. The lowest BCUT2D eigenvalue weighted by Crippen LogP contribution is -2.49. The van der Waals surface area contributed by atoms with Gasteiger partial charge in [0.25, 0.3) is 11.5 Å². The van der Waals surface area contributed by atoms with Crippen LogP contribution >= 0.6 is 11.8 Å². The van der Waals surface area contributed by atoms with Gasteiger partial charge < -0.3 is 10.2 Å². The minimum absolute atomic E-state index is 0.187. The van der Waals surface area contributed by atoms with Crippen LogP contribution in [0.2, 0.25) is 0 Å². The number of piperidine rings is 1. The van der Waals surface area contributed by atoms with Crippen LogP contribution in [0.1, 0.15) is 36.2 Å². The lowest BCUT2D eigenvalue weighted by atomic mass is 10.0. The molecule has 2 aliphatic heterocycles. The Kier molecular flexibility index (Phi) is 5.38. The normalized spacial score (nSPS) is 21.3. The number of thioether (sulfide) groups is 1. The van der Waals surface area contributed by atoms with E-state index in [0.717, 1.165) is 32.0 Å². The fraction of sp³-hybridized carbons (Fsp3) is 0.688. The molecule has 0 atom stereocenters. The van der Waals surface area contributed by atoms with Crippen molar-refractivity contribution < 1.29 is 4.79 Å². The molecule has 0 aliphatic carbocycles. The van der Waals surface area contributed by atoms with Gasteiger partial charge in [0.05, 0.1) is 0 Å². The minimum Gasteiger partial charge on any atom is -0.348 e. The first-order valence-corrected chi connectivity index (χ1v) is 9.46. The van der Waals surface area contributed by atoms with Gasteiger partial charge >= 0.3 is 0 Å². The van der Waals surface area contributed by atoms with Crippen molar-refractivity contribution >= 4 is 17.7 Å². The van der Waals surface area contributed by atoms with E-state index in [1.807, 2.05) is 0 Å². The third kappa shape index (κ3) is 4.14. The van der Waals surface area contributed by atoms with E-state index in [0.29, 0.717) is 5.69 Å². The predicted octanol–water partition coefficient (Wildman–Crippen LogP) is 0.870. The summed E-state index contributed by atoms with van der Waals surface area (Å²) in [6.45, 7) is 2.11. The zero-order valence-electron chi connectivity index (χ0n) is 13.5. The number of carbonyl (C=O) groups excluding carboxylic acids is 1. The van der Waals surface area contributed by atoms with E-state index >= 15 is 0 Å². The quantitative estimate of drug-likeness (QED) is 0.887. The van der Waals surface area contributed by atoms with Gasteiger partial charge in [0.2, 0.25) is 0 Å². The molecule has 23 heavy (non-hydrogen) atoms. The van der Waals surface area contributed by atoms with Gasteiger partial charge in [-0.3, -0.25) is 9.59 Å². The van der Waals surface area contributed by atoms with Crippen molar-refractivity contribution in [2.75, 3.05) is 24.6 Å². The molecule has 1 aromatic heterocycles. The van der Waals surface area contributed by atoms with Crippen molar-refractivity contribution in [2.24, 2.45) is 7.05 Å². The molecule has 0 radical (unpaired) electrons. The Bertz CT molecular complexity index is 604. The average Bonchev–Trinajstić information content (AvgIpc) is 2.59. The molecule has 7 heteroatoms. The van der Waals surface area contributed by atoms with E-state index in [-0.39, 0.29) is 17.5 Å². The number of aryl methyl sites for hydroxylation is 1. The summed E-state index contributed by atoms with van der Waals surface area (Å²) >= 11 is 2.06. The Hall–Kier alpha value is -1.34. The molecular weight excluding hydrogens is 312 g/mol. The molecule has 3 rings (SSSR count). The highest BCUT2D eigenvalue weighted by molar-refractivity contribution is 7.99. The van der Waals surface area contributed by atoms with Crippen LogP contribution in [0, 0.1) is 0 Å². The predicted molar refractivity (Wildman–Crippen MR) is 91.9 cm³/mol. The molecule has 3 heterocycles. The summed E-state index contributed by atoms with van der Waals surface area (Å²) in [4.78, 5) is 26.2. The maximum absolute atomic E-state index is 12.3. The molecule has 0 saturated carbocycles. The highest BCUT2D eigenvalue weighted by Gasteiger charge is 2.27. The van der Waals surface area contributed by atoms with Gasteiger partial charge in [0.1, 0.15) is 5.69 Å². The number of hydrogen-bond donors (Lipinski definition) is 1. The second-order valence-corrected chi connectivity index (χ2v) is 7.53. The Labute approximate surface area is 140 Å². The zero-order valence-corrected chi connectivity index (χ0v) is 14.3. The van der Waals surface area contributed by atoms with Crippen LogP contribution in [0.4, 0.5) is 0 Å². The smallest absolute Gasteiger partial charge is 0.271 e. The van der Waals surface area contributed by atoms with Crippen LogP contribution in [-0.4, -0.2) is 57.3 Å². The molecule has 0 bridgehead atoms. The van der Waals surface area contributed by atoms with E-state index in [1.165, 1.54) is 41.2 Å². The molecule has 6 nitrogen and oxygen atoms in total. The second kappa shape index (κ2) is 7.49. The van der Waals surface area contributed by atoms with Gasteiger partial charge in [0, 0.05) is 38.3 Å².